The average Bonchev–Trinajstić information content (AvgIpc) is 3.80. The monoisotopic (exact) mass is 654 g/mol. The van der Waals surface area contributed by atoms with Gasteiger partial charge in [0.25, 0.3) is 5.60 Å². The normalized spacial score (nSPS) is 33.2. The number of ketones is 3. The van der Waals surface area contributed by atoms with Gasteiger partial charge in [0.2, 0.25) is 0 Å². The third-order valence-corrected chi connectivity index (χ3v) is 10.8. The van der Waals surface area contributed by atoms with E-state index in [1.165, 1.54) is 0 Å². The quantitative estimate of drug-likeness (QED) is 0.137. The fourth-order valence-electron chi connectivity index (χ4n) is 8.39. The highest BCUT2D eigenvalue weighted by Crippen LogP contribution is 2.72. The smallest absolute Gasteiger partial charge is 0.358 e. The number of esters is 1. The highest BCUT2D eigenvalue weighted by Gasteiger charge is 2.81. The molecule has 2 heterocycles. The number of hydrogen-bond acceptors (Lipinski definition) is 14. The maximum Gasteiger partial charge on any atom is 0.358 e. The van der Waals surface area contributed by atoms with Crippen LogP contribution >= 0.6 is 11.6 Å². The van der Waals surface area contributed by atoms with E-state index in [0.717, 1.165) is 19.2 Å². The standard InChI is InChI=1S/C31H23ClO14/c1-44-28(43)31-12(37)5-4-11(36)17(31)23(40)16-21(38)13-8(20(32)25(16)45-31)6-29-19(24(41)18(13)30(7-33)27(29)46-30)22(39)14-9(34)2-3-10(35)15(14)26(29)42/h2-3,12,18,27,33-35,37-40H,4-7H2,1H3/t12-,18+,27-,29-,30+,31-/m1/s1. The molecule has 2 aromatic rings. The van der Waals surface area contributed by atoms with Crippen LogP contribution in [0.3, 0.4) is 0 Å². The minimum atomic E-state index is -2.59. The van der Waals surface area contributed by atoms with Crippen LogP contribution in [-0.2, 0) is 30.3 Å². The summed E-state index contributed by atoms with van der Waals surface area (Å²) < 4.78 is 16.8. The summed E-state index contributed by atoms with van der Waals surface area (Å²) in [7, 11) is 0.968. The number of phenols is 3. The molecule has 0 radical (unpaired) electrons. The first-order valence-corrected chi connectivity index (χ1v) is 14.5. The Balaban J connectivity index is 1.47. The molecule has 7 N–H and O–H groups in total. The maximum absolute atomic E-state index is 14.5. The number of epoxide rings is 1. The molecule has 46 heavy (non-hydrogen) atoms. The van der Waals surface area contributed by atoms with E-state index in [9.17, 15) is 54.9 Å². The van der Waals surface area contributed by atoms with Gasteiger partial charge in [0, 0.05) is 12.0 Å². The lowest BCUT2D eigenvalue weighted by Gasteiger charge is -2.43. The van der Waals surface area contributed by atoms with E-state index < -0.39 is 138 Å². The van der Waals surface area contributed by atoms with Crippen LogP contribution in [0.2, 0.25) is 5.02 Å². The Kier molecular flexibility index (Phi) is 5.38. The molecule has 15 heteroatoms. The number of benzene rings is 2. The maximum atomic E-state index is 14.5. The van der Waals surface area contributed by atoms with Crippen LogP contribution in [0, 0.1) is 5.41 Å². The number of fused-ring (bicyclic) bond motifs is 3. The number of halogens is 1. The van der Waals surface area contributed by atoms with Gasteiger partial charge in [-0.3, -0.25) is 14.4 Å². The summed E-state index contributed by atoms with van der Waals surface area (Å²) >= 11 is 6.92. The summed E-state index contributed by atoms with van der Waals surface area (Å²) in [6, 6.07) is 2.04. The lowest BCUT2D eigenvalue weighted by atomic mass is 9.56. The van der Waals surface area contributed by atoms with E-state index in [2.05, 4.69) is 0 Å². The number of Topliss-reactive ketones (excluding diaryl/α,β-unsaturated/α-hetero) is 3. The molecule has 9 rings (SSSR count). The topological polar surface area (TPSA) is 241 Å². The van der Waals surface area contributed by atoms with Crippen LogP contribution < -0.4 is 4.74 Å². The Morgan fingerprint density at radius 1 is 1.02 bits per heavy atom. The van der Waals surface area contributed by atoms with Gasteiger partial charge in [0.15, 0.2) is 23.1 Å². The van der Waals surface area contributed by atoms with E-state index in [4.69, 9.17) is 25.8 Å². The highest BCUT2D eigenvalue weighted by molar-refractivity contribution is 6.34. The number of aromatic hydroxyl groups is 3. The third kappa shape index (κ3) is 2.82. The molecule has 1 saturated heterocycles. The molecule has 7 aliphatic rings. The average molecular weight is 655 g/mol. The van der Waals surface area contributed by atoms with Gasteiger partial charge in [0.1, 0.15) is 52.1 Å². The zero-order chi connectivity index (χ0) is 33.0. The molecule has 1 spiro atoms. The van der Waals surface area contributed by atoms with Crippen LogP contribution in [0.4, 0.5) is 0 Å². The molecule has 2 saturated carbocycles. The highest BCUT2D eigenvalue weighted by atomic mass is 35.5. The van der Waals surface area contributed by atoms with E-state index in [-0.39, 0.29) is 24.0 Å². The van der Waals surface area contributed by atoms with Gasteiger partial charge < -0.3 is 50.0 Å². The number of phenolic OH excluding ortho intramolecular Hbond substituents is 3. The number of hydrogen-bond donors (Lipinski definition) is 7. The van der Waals surface area contributed by atoms with Crippen molar-refractivity contribution in [3.8, 4) is 23.0 Å². The van der Waals surface area contributed by atoms with Gasteiger partial charge >= 0.3 is 5.97 Å². The Morgan fingerprint density at radius 2 is 1.67 bits per heavy atom. The summed E-state index contributed by atoms with van der Waals surface area (Å²) in [5, 5.41) is 77.5. The zero-order valence-electron chi connectivity index (χ0n) is 23.6. The van der Waals surface area contributed by atoms with Crippen molar-refractivity contribution in [2.45, 2.75) is 48.6 Å². The number of ether oxygens (including phenoxy) is 3. The van der Waals surface area contributed by atoms with Crippen molar-refractivity contribution in [3.63, 3.8) is 0 Å². The minimum absolute atomic E-state index is 0.132. The first-order valence-electron chi connectivity index (χ1n) is 14.1. The molecule has 14 nitrogen and oxygen atoms in total. The van der Waals surface area contributed by atoms with Crippen molar-refractivity contribution in [1.29, 1.82) is 0 Å². The van der Waals surface area contributed by atoms with Crippen molar-refractivity contribution in [2.75, 3.05) is 13.7 Å². The molecule has 2 aliphatic heterocycles. The molecule has 0 amide bonds. The number of aliphatic hydroxyl groups excluding tert-OH is 4. The molecular formula is C31H23ClO14. The third-order valence-electron chi connectivity index (χ3n) is 10.4. The van der Waals surface area contributed by atoms with Crippen LogP contribution in [0.15, 0.2) is 23.3 Å². The van der Waals surface area contributed by atoms with Crippen molar-refractivity contribution >= 4 is 46.4 Å². The number of carbonyl (C=O) groups excluding carboxylic acids is 4. The molecule has 2 aromatic carbocycles. The summed E-state index contributed by atoms with van der Waals surface area (Å²) in [4.78, 5) is 55.3. The molecule has 0 unspecified atom stereocenters. The first kappa shape index (κ1) is 28.8. The molecule has 5 aliphatic carbocycles. The van der Waals surface area contributed by atoms with Crippen molar-refractivity contribution in [2.24, 2.45) is 5.41 Å². The fourth-order valence-corrected chi connectivity index (χ4v) is 8.69. The van der Waals surface area contributed by atoms with Crippen LogP contribution in [0.5, 0.6) is 23.0 Å². The predicted molar refractivity (Wildman–Crippen MR) is 151 cm³/mol. The lowest BCUT2D eigenvalue weighted by Crippen LogP contribution is -2.61. The molecular weight excluding hydrogens is 632 g/mol. The Hall–Kier alpha value is -4.63. The second-order valence-corrected chi connectivity index (χ2v) is 12.6. The zero-order valence-corrected chi connectivity index (χ0v) is 24.3. The second-order valence-electron chi connectivity index (χ2n) is 12.3. The number of aliphatic hydroxyl groups is 4. The van der Waals surface area contributed by atoms with E-state index in [0.29, 0.717) is 0 Å². The van der Waals surface area contributed by atoms with Crippen LogP contribution in [-0.4, -0.2) is 96.2 Å². The van der Waals surface area contributed by atoms with Gasteiger partial charge in [-0.2, -0.15) is 0 Å². The summed E-state index contributed by atoms with van der Waals surface area (Å²) in [6.07, 6.45) is -4.19. The van der Waals surface area contributed by atoms with Gasteiger partial charge in [0.05, 0.1) is 52.3 Å². The largest absolute Gasteiger partial charge is 0.507 e. The van der Waals surface area contributed by atoms with Gasteiger partial charge in [-0.25, -0.2) is 4.79 Å². The van der Waals surface area contributed by atoms with Crippen molar-refractivity contribution in [1.82, 2.24) is 0 Å². The van der Waals surface area contributed by atoms with Crippen LogP contribution in [0.1, 0.15) is 51.4 Å². The van der Waals surface area contributed by atoms with E-state index in [1.54, 1.807) is 0 Å². The molecule has 0 aromatic heterocycles. The fraction of sp³-hybridized carbons (Fsp3) is 0.355. The number of carbonyl (C=O) groups is 4. The Bertz CT molecular complexity index is 1990. The van der Waals surface area contributed by atoms with Crippen molar-refractivity contribution in [3.05, 3.63) is 56.1 Å². The molecule has 2 bridgehead atoms. The molecule has 3 fully saturated rings. The van der Waals surface area contributed by atoms with Gasteiger partial charge in [-0.1, -0.05) is 11.6 Å². The second kappa shape index (κ2) is 8.59. The summed E-state index contributed by atoms with van der Waals surface area (Å²) in [6.45, 7) is -0.858. The van der Waals surface area contributed by atoms with Gasteiger partial charge in [-0.15, -0.1) is 0 Å². The Labute approximate surface area is 262 Å². The van der Waals surface area contributed by atoms with E-state index in [1.807, 2.05) is 0 Å². The Morgan fingerprint density at radius 3 is 2.33 bits per heavy atom. The molecule has 238 valence electrons. The van der Waals surface area contributed by atoms with Crippen molar-refractivity contribution < 1.29 is 69.1 Å². The summed E-state index contributed by atoms with van der Waals surface area (Å²) in [5.41, 5.74) is -9.88. The van der Waals surface area contributed by atoms with Gasteiger partial charge in [-0.05, 0) is 30.5 Å². The first-order chi connectivity index (χ1) is 21.8. The van der Waals surface area contributed by atoms with Crippen LogP contribution in [0.25, 0.3) is 11.5 Å². The minimum Gasteiger partial charge on any atom is -0.507 e. The number of methoxy groups -OCH3 is 1. The molecule has 6 atom stereocenters. The SMILES string of the molecule is COC(=O)[C@]12Oc3c(Cl)c4c(c(O)c3C(O)=C1C(=O)CC[C@H]2O)[C@H]1C(=O)C2=C(O)c3c(O)ccc(O)c3C(=O)[C@]2(C4)[C@H]2O[C@@]12CO. The summed E-state index contributed by atoms with van der Waals surface area (Å²) in [5.74, 6) is -10.1. The predicted octanol–water partition coefficient (Wildman–Crippen LogP) is 1.26. The van der Waals surface area contributed by atoms with E-state index >= 15 is 0 Å². The number of rotatable bonds is 2. The lowest BCUT2D eigenvalue weighted by molar-refractivity contribution is -0.169.